The predicted octanol–water partition coefficient (Wildman–Crippen LogP) is 5.20. The van der Waals surface area contributed by atoms with Crippen LogP contribution in [0, 0.1) is 0 Å². The van der Waals surface area contributed by atoms with Crippen molar-refractivity contribution in [2.75, 3.05) is 33.9 Å². The average molecular weight is 497 g/mol. The summed E-state index contributed by atoms with van der Waals surface area (Å²) < 4.78 is 12.5. The quantitative estimate of drug-likeness (QED) is 0.412. The number of nitrogens with one attached hydrogen (secondary N) is 1. The number of carbonyl (C=O) groups is 1. The van der Waals surface area contributed by atoms with E-state index in [-0.39, 0.29) is 5.91 Å². The Balaban J connectivity index is 1.56. The van der Waals surface area contributed by atoms with Crippen LogP contribution in [-0.2, 0) is 0 Å². The summed E-state index contributed by atoms with van der Waals surface area (Å²) in [5, 5.41) is 8.41. The molecule has 35 heavy (non-hydrogen) atoms. The number of benzene rings is 2. The molecule has 8 heteroatoms. The number of ether oxygens (including phenoxy) is 2. The van der Waals surface area contributed by atoms with Crippen molar-refractivity contribution in [3.8, 4) is 28.4 Å². The molecule has 1 N–H and O–H groups in total. The number of methoxy groups -OCH3 is 2. The van der Waals surface area contributed by atoms with E-state index in [4.69, 9.17) is 26.2 Å². The van der Waals surface area contributed by atoms with Crippen LogP contribution in [0.4, 0.5) is 0 Å². The van der Waals surface area contributed by atoms with E-state index < -0.39 is 0 Å². The summed E-state index contributed by atoms with van der Waals surface area (Å²) in [5.41, 5.74) is 2.54. The predicted molar refractivity (Wildman–Crippen MR) is 139 cm³/mol. The maximum absolute atomic E-state index is 13.3. The van der Waals surface area contributed by atoms with E-state index >= 15 is 0 Å². The fraction of sp³-hybridized carbons (Fsp3) is 0.407. The van der Waals surface area contributed by atoms with E-state index in [2.05, 4.69) is 17.1 Å². The number of carbonyl (C=O) groups excluding carboxylic acids is 1. The van der Waals surface area contributed by atoms with Crippen LogP contribution in [0.5, 0.6) is 11.5 Å². The molecule has 1 amide bonds. The van der Waals surface area contributed by atoms with E-state index in [0.717, 1.165) is 25.1 Å². The topological polar surface area (TPSA) is 68.6 Å². The van der Waals surface area contributed by atoms with Gasteiger partial charge >= 0.3 is 0 Å². The number of piperidine rings is 1. The molecule has 1 fully saturated rings. The average Bonchev–Trinajstić information content (AvgIpc) is 3.32. The SMILES string of the molecule is COc1ccc(-c2cc(C(=O)NCCCN3CCCCC3C)n(-c3cccc(Cl)c3)n2)c(OC)c1. The summed E-state index contributed by atoms with van der Waals surface area (Å²) in [5.74, 6) is 1.12. The number of nitrogens with zero attached hydrogens (tertiary/aromatic N) is 3. The largest absolute Gasteiger partial charge is 0.497 e. The first-order valence-corrected chi connectivity index (χ1v) is 12.5. The molecular weight excluding hydrogens is 464 g/mol. The van der Waals surface area contributed by atoms with Crippen LogP contribution in [0.15, 0.2) is 48.5 Å². The Morgan fingerprint density at radius 1 is 1.14 bits per heavy atom. The van der Waals surface area contributed by atoms with Gasteiger partial charge in [0.05, 0.1) is 25.6 Å². The van der Waals surface area contributed by atoms with Crippen molar-refractivity contribution in [1.82, 2.24) is 20.0 Å². The van der Waals surface area contributed by atoms with Crippen molar-refractivity contribution < 1.29 is 14.3 Å². The van der Waals surface area contributed by atoms with Crippen LogP contribution >= 0.6 is 11.6 Å². The minimum Gasteiger partial charge on any atom is -0.497 e. The van der Waals surface area contributed by atoms with E-state index in [0.29, 0.717) is 46.2 Å². The Morgan fingerprint density at radius 2 is 2.00 bits per heavy atom. The highest BCUT2D eigenvalue weighted by molar-refractivity contribution is 6.30. The second-order valence-corrected chi connectivity index (χ2v) is 9.30. The van der Waals surface area contributed by atoms with Crippen molar-refractivity contribution in [3.05, 3.63) is 59.2 Å². The molecule has 1 aromatic heterocycles. The first kappa shape index (κ1) is 25.1. The molecule has 2 heterocycles. The summed E-state index contributed by atoms with van der Waals surface area (Å²) in [4.78, 5) is 15.8. The van der Waals surface area contributed by atoms with Crippen molar-refractivity contribution in [1.29, 1.82) is 0 Å². The smallest absolute Gasteiger partial charge is 0.270 e. The van der Waals surface area contributed by atoms with Crippen LogP contribution < -0.4 is 14.8 Å². The fourth-order valence-corrected chi connectivity index (χ4v) is 4.74. The van der Waals surface area contributed by atoms with Gasteiger partial charge < -0.3 is 19.7 Å². The third-order valence-electron chi connectivity index (χ3n) is 6.53. The van der Waals surface area contributed by atoms with Crippen LogP contribution in [0.25, 0.3) is 16.9 Å². The summed E-state index contributed by atoms with van der Waals surface area (Å²) in [7, 11) is 3.21. The first-order valence-electron chi connectivity index (χ1n) is 12.1. The van der Waals surface area contributed by atoms with Gasteiger partial charge in [0.25, 0.3) is 5.91 Å². The zero-order chi connectivity index (χ0) is 24.8. The molecule has 7 nitrogen and oxygen atoms in total. The molecule has 0 radical (unpaired) electrons. The van der Waals surface area contributed by atoms with Gasteiger partial charge in [-0.2, -0.15) is 5.10 Å². The Kier molecular flexibility index (Phi) is 8.31. The van der Waals surface area contributed by atoms with Gasteiger partial charge in [0.2, 0.25) is 0 Å². The molecule has 4 rings (SSSR count). The highest BCUT2D eigenvalue weighted by Gasteiger charge is 2.21. The lowest BCUT2D eigenvalue weighted by Crippen LogP contribution is -2.39. The summed E-state index contributed by atoms with van der Waals surface area (Å²) in [6, 6.07) is 15.2. The van der Waals surface area contributed by atoms with Crippen LogP contribution in [0.2, 0.25) is 5.02 Å². The second-order valence-electron chi connectivity index (χ2n) is 8.86. The van der Waals surface area contributed by atoms with Crippen molar-refractivity contribution in [3.63, 3.8) is 0 Å². The number of rotatable bonds is 9. The van der Waals surface area contributed by atoms with Crippen LogP contribution in [0.3, 0.4) is 0 Å². The first-order chi connectivity index (χ1) is 17.0. The zero-order valence-corrected chi connectivity index (χ0v) is 21.3. The number of aromatic nitrogens is 2. The Labute approximate surface area is 212 Å². The van der Waals surface area contributed by atoms with Crippen molar-refractivity contribution >= 4 is 17.5 Å². The Hall–Kier alpha value is -3.03. The fourth-order valence-electron chi connectivity index (χ4n) is 4.55. The molecule has 1 atom stereocenters. The highest BCUT2D eigenvalue weighted by Crippen LogP contribution is 2.33. The lowest BCUT2D eigenvalue weighted by Gasteiger charge is -2.33. The van der Waals surface area contributed by atoms with Gasteiger partial charge in [-0.15, -0.1) is 0 Å². The third-order valence-corrected chi connectivity index (χ3v) is 6.76. The molecule has 3 aromatic rings. The van der Waals surface area contributed by atoms with Gasteiger partial charge in [-0.05, 0) is 69.1 Å². The molecule has 0 spiro atoms. The standard InChI is InChI=1S/C27H33ClN4O3/c1-19-8-4-5-14-31(19)15-7-13-29-27(33)25-18-24(23-12-11-22(34-2)17-26(23)35-3)30-32(25)21-10-6-9-20(28)16-21/h6,9-12,16-19H,4-5,7-8,13-15H2,1-3H3,(H,29,33). The highest BCUT2D eigenvalue weighted by atomic mass is 35.5. The zero-order valence-electron chi connectivity index (χ0n) is 20.6. The number of likely N-dealkylation sites (tertiary alicyclic amines) is 1. The Morgan fingerprint density at radius 3 is 2.74 bits per heavy atom. The molecule has 0 saturated carbocycles. The summed E-state index contributed by atoms with van der Waals surface area (Å²) in [6.07, 6.45) is 4.72. The number of hydrogen-bond acceptors (Lipinski definition) is 5. The van der Waals surface area contributed by atoms with E-state index in [1.165, 1.54) is 19.3 Å². The van der Waals surface area contributed by atoms with Crippen LogP contribution in [0.1, 0.15) is 43.1 Å². The van der Waals surface area contributed by atoms with Gasteiger partial charge in [-0.1, -0.05) is 24.1 Å². The van der Waals surface area contributed by atoms with Crippen molar-refractivity contribution in [2.45, 2.75) is 38.6 Å². The van der Waals surface area contributed by atoms with Crippen LogP contribution in [-0.4, -0.2) is 60.5 Å². The third kappa shape index (κ3) is 5.97. The maximum atomic E-state index is 13.3. The number of halogens is 1. The molecule has 1 aliphatic heterocycles. The molecule has 2 aromatic carbocycles. The molecule has 0 bridgehead atoms. The van der Waals surface area contributed by atoms with Gasteiger partial charge in [0, 0.05) is 35.8 Å². The van der Waals surface area contributed by atoms with E-state index in [1.54, 1.807) is 43.2 Å². The van der Waals surface area contributed by atoms with Gasteiger partial charge in [-0.3, -0.25) is 4.79 Å². The summed E-state index contributed by atoms with van der Waals surface area (Å²) in [6.45, 7) is 5.02. The lowest BCUT2D eigenvalue weighted by molar-refractivity contribution is 0.0941. The minimum absolute atomic E-state index is 0.178. The lowest BCUT2D eigenvalue weighted by atomic mass is 10.0. The van der Waals surface area contributed by atoms with E-state index in [1.807, 2.05) is 24.3 Å². The molecule has 0 aliphatic carbocycles. The van der Waals surface area contributed by atoms with E-state index in [9.17, 15) is 4.79 Å². The molecule has 1 saturated heterocycles. The van der Waals surface area contributed by atoms with Gasteiger partial charge in [0.15, 0.2) is 0 Å². The van der Waals surface area contributed by atoms with Gasteiger partial charge in [0.1, 0.15) is 17.2 Å². The normalized spacial score (nSPS) is 16.2. The maximum Gasteiger partial charge on any atom is 0.270 e. The molecule has 186 valence electrons. The second kappa shape index (κ2) is 11.6. The minimum atomic E-state index is -0.178. The number of hydrogen-bond donors (Lipinski definition) is 1. The molecular formula is C27H33ClN4O3. The van der Waals surface area contributed by atoms with Crippen molar-refractivity contribution in [2.24, 2.45) is 0 Å². The van der Waals surface area contributed by atoms with Gasteiger partial charge in [-0.25, -0.2) is 4.68 Å². The molecule has 1 unspecified atom stereocenters. The Bertz CT molecular complexity index is 1160. The molecule has 1 aliphatic rings. The monoisotopic (exact) mass is 496 g/mol. The number of amides is 1. The summed E-state index contributed by atoms with van der Waals surface area (Å²) >= 11 is 6.24.